The van der Waals surface area contributed by atoms with Crippen LogP contribution in [0.3, 0.4) is 0 Å². The zero-order chi connectivity index (χ0) is 9.97. The van der Waals surface area contributed by atoms with Crippen molar-refractivity contribution in [3.05, 3.63) is 36.0 Å². The van der Waals surface area contributed by atoms with Crippen LogP contribution in [0.5, 0.6) is 0 Å². The number of hydrogen-bond acceptors (Lipinski definition) is 3. The predicted octanol–water partition coefficient (Wildman–Crippen LogP) is 1.56. The highest BCUT2D eigenvalue weighted by atomic mass is 32.2. The molecule has 0 atom stereocenters. The number of nitrogens with zero attached hydrogens (tertiary/aromatic N) is 1. The molecule has 0 radical (unpaired) electrons. The molecule has 0 saturated carbocycles. The van der Waals surface area contributed by atoms with Gasteiger partial charge in [0.2, 0.25) is 0 Å². The normalized spacial score (nSPS) is 13.6. The number of hydrogen-bond donors (Lipinski definition) is 2. The van der Waals surface area contributed by atoms with E-state index in [1.807, 2.05) is 30.3 Å². The number of amides is 2. The van der Waals surface area contributed by atoms with Crippen LogP contribution < -0.4 is 11.2 Å². The highest BCUT2D eigenvalue weighted by Crippen LogP contribution is 2.30. The van der Waals surface area contributed by atoms with Gasteiger partial charge in [-0.3, -0.25) is 0 Å². The number of nitrogens with one attached hydrogen (secondary N) is 1. The average Bonchev–Trinajstić information content (AvgIpc) is 2.17. The van der Waals surface area contributed by atoms with Crippen molar-refractivity contribution in [2.45, 2.75) is 4.90 Å². The third kappa shape index (κ3) is 1.82. The van der Waals surface area contributed by atoms with Crippen LogP contribution in [-0.2, 0) is 0 Å². The van der Waals surface area contributed by atoms with E-state index in [1.54, 1.807) is 10.6 Å². The molecule has 2 rings (SSSR count). The molecule has 1 aromatic carbocycles. The van der Waals surface area contributed by atoms with E-state index in [0.29, 0.717) is 0 Å². The summed E-state index contributed by atoms with van der Waals surface area (Å²) in [5, 5.41) is 0. The molecule has 72 valence electrons. The van der Waals surface area contributed by atoms with Gasteiger partial charge in [0.1, 0.15) is 0 Å². The largest absolute Gasteiger partial charge is 0.350 e. The van der Waals surface area contributed by atoms with Crippen LogP contribution in [0, 0.1) is 0 Å². The summed E-state index contributed by atoms with van der Waals surface area (Å²) in [4.78, 5) is 11.7. The van der Waals surface area contributed by atoms with Gasteiger partial charge in [0, 0.05) is 23.0 Å². The minimum absolute atomic E-state index is 0.568. The fourth-order valence-electron chi connectivity index (χ4n) is 1.15. The fourth-order valence-corrected chi connectivity index (χ4v) is 2.00. The van der Waals surface area contributed by atoms with Gasteiger partial charge in [0.05, 0.1) is 0 Å². The van der Waals surface area contributed by atoms with Gasteiger partial charge in [-0.25, -0.2) is 14.6 Å². The summed E-state index contributed by atoms with van der Waals surface area (Å²) >= 11 is 1.42. The van der Waals surface area contributed by atoms with E-state index in [9.17, 15) is 4.79 Å². The topological polar surface area (TPSA) is 58.4 Å². The van der Waals surface area contributed by atoms with E-state index in [2.05, 4.69) is 5.43 Å². The SMILES string of the molecule is NC(=O)NN1C=Cc2ccccc2S1. The lowest BCUT2D eigenvalue weighted by atomic mass is 10.2. The summed E-state index contributed by atoms with van der Waals surface area (Å²) in [6, 6.07) is 7.36. The highest BCUT2D eigenvalue weighted by Gasteiger charge is 2.11. The van der Waals surface area contributed by atoms with Crippen molar-refractivity contribution in [1.29, 1.82) is 0 Å². The van der Waals surface area contributed by atoms with Gasteiger partial charge in [-0.2, -0.15) is 0 Å². The van der Waals surface area contributed by atoms with Crippen LogP contribution in [0.2, 0.25) is 0 Å². The molecule has 14 heavy (non-hydrogen) atoms. The van der Waals surface area contributed by atoms with Gasteiger partial charge in [0.25, 0.3) is 0 Å². The van der Waals surface area contributed by atoms with E-state index in [0.717, 1.165) is 10.5 Å². The van der Waals surface area contributed by atoms with Crippen molar-refractivity contribution < 1.29 is 4.79 Å². The van der Waals surface area contributed by atoms with Crippen molar-refractivity contribution in [2.24, 2.45) is 5.73 Å². The Morgan fingerprint density at radius 1 is 1.43 bits per heavy atom. The van der Waals surface area contributed by atoms with E-state index < -0.39 is 6.03 Å². The Morgan fingerprint density at radius 2 is 2.21 bits per heavy atom. The Labute approximate surface area is 85.9 Å². The summed E-state index contributed by atoms with van der Waals surface area (Å²) < 4.78 is 1.57. The first-order valence-electron chi connectivity index (χ1n) is 4.06. The van der Waals surface area contributed by atoms with Crippen LogP contribution in [-0.4, -0.2) is 10.4 Å². The smallest absolute Gasteiger partial charge is 0.331 e. The zero-order valence-electron chi connectivity index (χ0n) is 7.31. The first-order valence-corrected chi connectivity index (χ1v) is 4.83. The molecule has 2 amide bonds. The summed E-state index contributed by atoms with van der Waals surface area (Å²) in [5.74, 6) is 0. The van der Waals surface area contributed by atoms with Crippen molar-refractivity contribution >= 4 is 24.1 Å². The van der Waals surface area contributed by atoms with Crippen LogP contribution in [0.1, 0.15) is 5.56 Å². The Balaban J connectivity index is 2.17. The molecule has 0 unspecified atom stereocenters. The lowest BCUT2D eigenvalue weighted by Crippen LogP contribution is -2.38. The number of benzene rings is 1. The van der Waals surface area contributed by atoms with Gasteiger partial charge in [0.15, 0.2) is 0 Å². The average molecular weight is 207 g/mol. The van der Waals surface area contributed by atoms with Gasteiger partial charge in [-0.15, -0.1) is 0 Å². The van der Waals surface area contributed by atoms with Crippen molar-refractivity contribution in [1.82, 2.24) is 9.84 Å². The number of rotatable bonds is 1. The number of fused-ring (bicyclic) bond motifs is 1. The second kappa shape index (κ2) is 3.63. The third-order valence-corrected chi connectivity index (χ3v) is 2.70. The van der Waals surface area contributed by atoms with Crippen molar-refractivity contribution in [2.75, 3.05) is 0 Å². The summed E-state index contributed by atoms with van der Waals surface area (Å²) in [5.41, 5.74) is 8.61. The minimum atomic E-state index is -0.568. The number of carbonyl (C=O) groups excluding carboxylic acids is 1. The molecule has 5 heteroatoms. The zero-order valence-corrected chi connectivity index (χ0v) is 8.12. The number of hydrazine groups is 1. The second-order valence-corrected chi connectivity index (χ2v) is 3.76. The first kappa shape index (κ1) is 8.96. The maximum absolute atomic E-state index is 10.6. The van der Waals surface area contributed by atoms with Gasteiger partial charge in [-0.1, -0.05) is 18.2 Å². The van der Waals surface area contributed by atoms with Gasteiger partial charge in [-0.05, 0) is 17.7 Å². The maximum atomic E-state index is 10.6. The summed E-state index contributed by atoms with van der Waals surface area (Å²) in [7, 11) is 0. The molecular weight excluding hydrogens is 198 g/mol. The summed E-state index contributed by atoms with van der Waals surface area (Å²) in [6.07, 6.45) is 3.68. The second-order valence-electron chi connectivity index (χ2n) is 2.75. The van der Waals surface area contributed by atoms with Crippen LogP contribution >= 0.6 is 11.9 Å². The van der Waals surface area contributed by atoms with E-state index in [1.165, 1.54) is 11.9 Å². The Morgan fingerprint density at radius 3 is 3.00 bits per heavy atom. The Hall–Kier alpha value is -1.62. The van der Waals surface area contributed by atoms with Crippen molar-refractivity contribution in [3.8, 4) is 0 Å². The molecule has 4 nitrogen and oxygen atoms in total. The molecule has 0 saturated heterocycles. The van der Waals surface area contributed by atoms with Crippen LogP contribution in [0.4, 0.5) is 4.79 Å². The van der Waals surface area contributed by atoms with Gasteiger partial charge < -0.3 is 5.73 Å². The number of carbonyl (C=O) groups is 1. The molecule has 0 aliphatic carbocycles. The monoisotopic (exact) mass is 207 g/mol. The van der Waals surface area contributed by atoms with Crippen LogP contribution in [0.15, 0.2) is 35.4 Å². The third-order valence-electron chi connectivity index (χ3n) is 1.73. The minimum Gasteiger partial charge on any atom is -0.350 e. The molecule has 0 bridgehead atoms. The maximum Gasteiger partial charge on any atom is 0.331 e. The lowest BCUT2D eigenvalue weighted by molar-refractivity contribution is 0.239. The molecule has 0 aromatic heterocycles. The summed E-state index contributed by atoms with van der Waals surface area (Å²) in [6.45, 7) is 0. The highest BCUT2D eigenvalue weighted by molar-refractivity contribution is 7.97. The molecule has 1 heterocycles. The Bertz CT molecular complexity index is 391. The molecule has 1 aliphatic rings. The lowest BCUT2D eigenvalue weighted by Gasteiger charge is -2.22. The molecular formula is C9H9N3OS. The van der Waals surface area contributed by atoms with Crippen molar-refractivity contribution in [3.63, 3.8) is 0 Å². The quantitative estimate of drug-likeness (QED) is 0.687. The first-order chi connectivity index (χ1) is 6.75. The predicted molar refractivity (Wildman–Crippen MR) is 55.9 cm³/mol. The molecule has 0 fully saturated rings. The molecule has 0 spiro atoms. The number of primary amides is 1. The molecule has 1 aromatic rings. The molecule has 1 aliphatic heterocycles. The van der Waals surface area contributed by atoms with Gasteiger partial charge >= 0.3 is 6.03 Å². The van der Waals surface area contributed by atoms with Crippen LogP contribution in [0.25, 0.3) is 6.08 Å². The standard InChI is InChI=1S/C9H9N3OS/c10-9(13)11-12-6-5-7-3-1-2-4-8(7)14-12/h1-6H,(H3,10,11,13). The Kier molecular flexibility index (Phi) is 2.32. The number of urea groups is 1. The van der Waals surface area contributed by atoms with E-state index >= 15 is 0 Å². The van der Waals surface area contributed by atoms with E-state index in [-0.39, 0.29) is 0 Å². The number of nitrogens with two attached hydrogens (primary N) is 1. The molecule has 3 N–H and O–H groups in total. The van der Waals surface area contributed by atoms with E-state index in [4.69, 9.17) is 5.73 Å². The fraction of sp³-hybridized carbons (Fsp3) is 0.